The standard InChI is InChI=1S/C12H22N2O/c1-11(2,3)14-8-6-12(10(14)15)5-4-7-13-9-12/h13H,4-9H2,1-3H3. The molecule has 2 fully saturated rings. The molecule has 0 bridgehead atoms. The van der Waals surface area contributed by atoms with E-state index in [2.05, 4.69) is 31.0 Å². The van der Waals surface area contributed by atoms with Gasteiger partial charge in [0.05, 0.1) is 5.41 Å². The van der Waals surface area contributed by atoms with Crippen molar-refractivity contribution in [3.05, 3.63) is 0 Å². The van der Waals surface area contributed by atoms with E-state index in [9.17, 15) is 4.79 Å². The Balaban J connectivity index is 2.16. The Morgan fingerprint density at radius 3 is 2.53 bits per heavy atom. The van der Waals surface area contributed by atoms with Gasteiger partial charge in [-0.3, -0.25) is 4.79 Å². The fraction of sp³-hybridized carbons (Fsp3) is 0.917. The summed E-state index contributed by atoms with van der Waals surface area (Å²) in [6.45, 7) is 9.27. The van der Waals surface area contributed by atoms with Gasteiger partial charge in [0, 0.05) is 18.6 Å². The van der Waals surface area contributed by atoms with Gasteiger partial charge in [-0.2, -0.15) is 0 Å². The number of rotatable bonds is 0. The highest BCUT2D eigenvalue weighted by atomic mass is 16.2. The maximum atomic E-state index is 12.4. The molecule has 2 saturated heterocycles. The van der Waals surface area contributed by atoms with Crippen LogP contribution in [0.4, 0.5) is 0 Å². The van der Waals surface area contributed by atoms with E-state index >= 15 is 0 Å². The lowest BCUT2D eigenvalue weighted by Crippen LogP contribution is -2.50. The van der Waals surface area contributed by atoms with Crippen molar-refractivity contribution < 1.29 is 4.79 Å². The smallest absolute Gasteiger partial charge is 0.230 e. The number of amides is 1. The molecule has 1 atom stereocenters. The molecule has 3 heteroatoms. The minimum Gasteiger partial charge on any atom is -0.337 e. The van der Waals surface area contributed by atoms with Gasteiger partial charge >= 0.3 is 0 Å². The number of hydrogen-bond donors (Lipinski definition) is 1. The predicted octanol–water partition coefficient (Wildman–Crippen LogP) is 1.39. The number of carbonyl (C=O) groups is 1. The SMILES string of the molecule is CC(C)(C)N1CCC2(CCCNC2)C1=O. The zero-order valence-electron chi connectivity index (χ0n) is 10.1. The lowest BCUT2D eigenvalue weighted by Gasteiger charge is -2.36. The summed E-state index contributed by atoms with van der Waals surface area (Å²) >= 11 is 0. The van der Waals surface area contributed by atoms with Crippen LogP contribution in [0.3, 0.4) is 0 Å². The van der Waals surface area contributed by atoms with E-state index in [1.165, 1.54) is 0 Å². The maximum absolute atomic E-state index is 12.4. The van der Waals surface area contributed by atoms with Crippen molar-refractivity contribution in [2.75, 3.05) is 19.6 Å². The fourth-order valence-corrected chi connectivity index (χ4v) is 2.82. The van der Waals surface area contributed by atoms with Crippen LogP contribution in [0.15, 0.2) is 0 Å². The van der Waals surface area contributed by atoms with Crippen LogP contribution in [0, 0.1) is 5.41 Å². The molecule has 0 aromatic rings. The van der Waals surface area contributed by atoms with E-state index in [1.54, 1.807) is 0 Å². The number of nitrogens with one attached hydrogen (secondary N) is 1. The number of nitrogens with zero attached hydrogens (tertiary/aromatic N) is 1. The summed E-state index contributed by atoms with van der Waals surface area (Å²) in [6, 6.07) is 0. The van der Waals surface area contributed by atoms with E-state index in [4.69, 9.17) is 0 Å². The van der Waals surface area contributed by atoms with Gasteiger partial charge in [-0.25, -0.2) is 0 Å². The molecule has 86 valence electrons. The molecular weight excluding hydrogens is 188 g/mol. The van der Waals surface area contributed by atoms with E-state index < -0.39 is 0 Å². The minimum absolute atomic E-state index is 0.0158. The van der Waals surface area contributed by atoms with Crippen molar-refractivity contribution in [2.45, 2.75) is 45.6 Å². The Hall–Kier alpha value is -0.570. The molecule has 0 radical (unpaired) electrons. The summed E-state index contributed by atoms with van der Waals surface area (Å²) in [5.41, 5.74) is -0.0798. The molecule has 0 aromatic carbocycles. The number of carbonyl (C=O) groups excluding carboxylic acids is 1. The number of piperidine rings is 1. The number of hydrogen-bond acceptors (Lipinski definition) is 2. The zero-order chi connectivity index (χ0) is 11.1. The zero-order valence-corrected chi connectivity index (χ0v) is 10.1. The van der Waals surface area contributed by atoms with Crippen molar-refractivity contribution in [2.24, 2.45) is 5.41 Å². The molecule has 1 amide bonds. The van der Waals surface area contributed by atoms with Crippen LogP contribution in [0.5, 0.6) is 0 Å². The molecule has 2 aliphatic heterocycles. The summed E-state index contributed by atoms with van der Waals surface area (Å²) in [4.78, 5) is 14.5. The van der Waals surface area contributed by atoms with Gasteiger partial charge in [0.15, 0.2) is 0 Å². The first-order valence-corrected chi connectivity index (χ1v) is 5.99. The van der Waals surface area contributed by atoms with Gasteiger partial charge in [-0.05, 0) is 46.6 Å². The van der Waals surface area contributed by atoms with E-state index in [0.717, 1.165) is 38.9 Å². The summed E-state index contributed by atoms with van der Waals surface area (Å²) in [5, 5.41) is 3.37. The van der Waals surface area contributed by atoms with Crippen molar-refractivity contribution in [1.29, 1.82) is 0 Å². The predicted molar refractivity (Wildman–Crippen MR) is 60.6 cm³/mol. The third kappa shape index (κ3) is 1.78. The van der Waals surface area contributed by atoms with Crippen LogP contribution in [0.2, 0.25) is 0 Å². The van der Waals surface area contributed by atoms with Crippen LogP contribution in [-0.2, 0) is 4.79 Å². The van der Waals surface area contributed by atoms with Crippen LogP contribution in [-0.4, -0.2) is 36.0 Å². The topological polar surface area (TPSA) is 32.3 Å². The summed E-state index contributed by atoms with van der Waals surface area (Å²) in [7, 11) is 0. The number of likely N-dealkylation sites (tertiary alicyclic amines) is 1. The second-order valence-corrected chi connectivity index (χ2v) is 5.94. The van der Waals surface area contributed by atoms with Gasteiger partial charge in [-0.1, -0.05) is 0 Å². The first kappa shape index (κ1) is 10.9. The minimum atomic E-state index is -0.0640. The summed E-state index contributed by atoms with van der Waals surface area (Å²) in [5.74, 6) is 0.377. The second-order valence-electron chi connectivity index (χ2n) is 5.94. The second kappa shape index (κ2) is 3.48. The highest BCUT2D eigenvalue weighted by Gasteiger charge is 2.49. The first-order chi connectivity index (χ1) is 6.96. The van der Waals surface area contributed by atoms with Gasteiger partial charge in [0.25, 0.3) is 0 Å². The Kier molecular flexibility index (Phi) is 2.53. The molecule has 2 rings (SSSR count). The monoisotopic (exact) mass is 210 g/mol. The Morgan fingerprint density at radius 2 is 2.07 bits per heavy atom. The van der Waals surface area contributed by atoms with Crippen LogP contribution >= 0.6 is 0 Å². The van der Waals surface area contributed by atoms with Crippen molar-refractivity contribution >= 4 is 5.91 Å². The molecule has 1 spiro atoms. The molecule has 0 saturated carbocycles. The highest BCUT2D eigenvalue weighted by Crippen LogP contribution is 2.40. The highest BCUT2D eigenvalue weighted by molar-refractivity contribution is 5.85. The van der Waals surface area contributed by atoms with E-state index in [0.29, 0.717) is 5.91 Å². The van der Waals surface area contributed by atoms with E-state index in [-0.39, 0.29) is 11.0 Å². The maximum Gasteiger partial charge on any atom is 0.230 e. The average Bonchev–Trinajstić information content (AvgIpc) is 2.45. The summed E-state index contributed by atoms with van der Waals surface area (Å²) in [6.07, 6.45) is 3.26. The Morgan fingerprint density at radius 1 is 1.33 bits per heavy atom. The van der Waals surface area contributed by atoms with E-state index in [1.807, 2.05) is 0 Å². The van der Waals surface area contributed by atoms with Gasteiger partial charge < -0.3 is 10.2 Å². The third-order valence-corrected chi connectivity index (χ3v) is 3.79. The molecule has 3 nitrogen and oxygen atoms in total. The molecule has 0 aromatic heterocycles. The van der Waals surface area contributed by atoms with Crippen LogP contribution in [0.1, 0.15) is 40.0 Å². The lowest BCUT2D eigenvalue weighted by atomic mass is 9.79. The quantitative estimate of drug-likeness (QED) is 0.655. The molecule has 1 N–H and O–H groups in total. The molecule has 0 aliphatic carbocycles. The molecule has 2 aliphatic rings. The summed E-state index contributed by atoms with van der Waals surface area (Å²) < 4.78 is 0. The Bertz CT molecular complexity index is 261. The molecule has 15 heavy (non-hydrogen) atoms. The van der Waals surface area contributed by atoms with Crippen molar-refractivity contribution in [1.82, 2.24) is 10.2 Å². The van der Waals surface area contributed by atoms with Crippen molar-refractivity contribution in [3.8, 4) is 0 Å². The normalized spacial score (nSPS) is 32.7. The molecule has 1 unspecified atom stereocenters. The lowest BCUT2D eigenvalue weighted by molar-refractivity contribution is -0.140. The van der Waals surface area contributed by atoms with Crippen LogP contribution < -0.4 is 5.32 Å². The van der Waals surface area contributed by atoms with Crippen molar-refractivity contribution in [3.63, 3.8) is 0 Å². The molecular formula is C12H22N2O. The average molecular weight is 210 g/mol. The van der Waals surface area contributed by atoms with Gasteiger partial charge in [0.2, 0.25) is 5.91 Å². The largest absolute Gasteiger partial charge is 0.337 e. The molecule has 2 heterocycles. The third-order valence-electron chi connectivity index (χ3n) is 3.79. The Labute approximate surface area is 92.2 Å². The van der Waals surface area contributed by atoms with Gasteiger partial charge in [-0.15, -0.1) is 0 Å². The fourth-order valence-electron chi connectivity index (χ4n) is 2.82. The van der Waals surface area contributed by atoms with Crippen LogP contribution in [0.25, 0.3) is 0 Å². The first-order valence-electron chi connectivity index (χ1n) is 5.99. The van der Waals surface area contributed by atoms with Gasteiger partial charge in [0.1, 0.15) is 0 Å².